The minimum absolute atomic E-state index is 0.0850. The van der Waals surface area contributed by atoms with E-state index in [0.717, 1.165) is 36.0 Å². The first-order chi connectivity index (χ1) is 9.70. The van der Waals surface area contributed by atoms with Gasteiger partial charge in [0.15, 0.2) is 0 Å². The number of nitrogen functional groups attached to an aromatic ring is 1. The maximum atomic E-state index is 12.7. The zero-order chi connectivity index (χ0) is 14.1. The summed E-state index contributed by atoms with van der Waals surface area (Å²) < 4.78 is 0.984. The summed E-state index contributed by atoms with van der Waals surface area (Å²) in [5.74, 6) is 0.715. The second-order valence-corrected chi connectivity index (χ2v) is 6.44. The van der Waals surface area contributed by atoms with E-state index >= 15 is 0 Å². The highest BCUT2D eigenvalue weighted by Crippen LogP contribution is 2.34. The van der Waals surface area contributed by atoms with E-state index in [9.17, 15) is 4.79 Å². The normalized spacial score (nSPS) is 19.4. The van der Waals surface area contributed by atoms with Crippen LogP contribution in [0.5, 0.6) is 0 Å². The number of rotatable bonds is 2. The van der Waals surface area contributed by atoms with E-state index in [2.05, 4.69) is 11.9 Å². The molecule has 2 aromatic rings. The average Bonchev–Trinajstić information content (AvgIpc) is 2.84. The molecule has 20 heavy (non-hydrogen) atoms. The van der Waals surface area contributed by atoms with Gasteiger partial charge in [-0.1, -0.05) is 13.3 Å². The maximum absolute atomic E-state index is 12.7. The predicted molar refractivity (Wildman–Crippen MR) is 83.0 cm³/mol. The van der Waals surface area contributed by atoms with Crippen LogP contribution >= 0.6 is 11.3 Å². The molecule has 0 radical (unpaired) electrons. The number of fused-ring (bicyclic) bond motifs is 1. The largest absolute Gasteiger partial charge is 0.397 e. The van der Waals surface area contributed by atoms with Crippen molar-refractivity contribution < 1.29 is 4.79 Å². The highest BCUT2D eigenvalue weighted by atomic mass is 32.1. The molecule has 0 spiro atoms. The van der Waals surface area contributed by atoms with Gasteiger partial charge in [0.2, 0.25) is 0 Å². The zero-order valence-electron chi connectivity index (χ0n) is 11.6. The lowest BCUT2D eigenvalue weighted by molar-refractivity contribution is 0.0677. The van der Waals surface area contributed by atoms with Crippen LogP contribution in [0.1, 0.15) is 35.9 Å². The van der Waals surface area contributed by atoms with Gasteiger partial charge in [-0.05, 0) is 24.8 Å². The molecule has 0 bridgehead atoms. The SMILES string of the molecule is CCC1CCCN(C(=O)c2sc3cnccc3c2N)C1. The summed E-state index contributed by atoms with van der Waals surface area (Å²) >= 11 is 1.46. The number of hydrogen-bond acceptors (Lipinski definition) is 4. The monoisotopic (exact) mass is 289 g/mol. The summed E-state index contributed by atoms with van der Waals surface area (Å²) in [7, 11) is 0. The molecule has 1 aliphatic heterocycles. The average molecular weight is 289 g/mol. The standard InChI is InChI=1S/C15H19N3OS/c1-2-10-4-3-7-18(9-10)15(19)14-13(16)11-5-6-17-8-12(11)20-14/h5-6,8,10H,2-4,7,9,16H2,1H3. The van der Waals surface area contributed by atoms with Crippen molar-refractivity contribution in [3.63, 3.8) is 0 Å². The van der Waals surface area contributed by atoms with Gasteiger partial charge in [-0.2, -0.15) is 0 Å². The third kappa shape index (κ3) is 2.26. The van der Waals surface area contributed by atoms with Crippen LogP contribution in [0.15, 0.2) is 18.5 Å². The summed E-state index contributed by atoms with van der Waals surface area (Å²) in [6.45, 7) is 3.90. The van der Waals surface area contributed by atoms with Crippen LogP contribution in [0.25, 0.3) is 10.1 Å². The van der Waals surface area contributed by atoms with Crippen molar-refractivity contribution in [3.05, 3.63) is 23.3 Å². The Hall–Kier alpha value is -1.62. The molecule has 2 N–H and O–H groups in total. The van der Waals surface area contributed by atoms with Crippen LogP contribution in [0.2, 0.25) is 0 Å². The number of carbonyl (C=O) groups excluding carboxylic acids is 1. The van der Waals surface area contributed by atoms with Crippen molar-refractivity contribution in [1.82, 2.24) is 9.88 Å². The second kappa shape index (κ2) is 5.40. The first-order valence-corrected chi connectivity index (χ1v) is 7.93. The fraction of sp³-hybridized carbons (Fsp3) is 0.467. The van der Waals surface area contributed by atoms with E-state index in [1.807, 2.05) is 11.0 Å². The minimum Gasteiger partial charge on any atom is -0.397 e. The van der Waals surface area contributed by atoms with Crippen LogP contribution < -0.4 is 5.73 Å². The van der Waals surface area contributed by atoms with E-state index in [-0.39, 0.29) is 5.91 Å². The van der Waals surface area contributed by atoms with Gasteiger partial charge < -0.3 is 10.6 Å². The molecule has 1 atom stereocenters. The summed E-state index contributed by atoms with van der Waals surface area (Å²) in [5, 5.41) is 0.942. The Kier molecular flexibility index (Phi) is 3.61. The van der Waals surface area contributed by atoms with Crippen molar-refractivity contribution in [2.75, 3.05) is 18.8 Å². The Labute approximate surface area is 122 Å². The Morgan fingerprint density at radius 1 is 1.60 bits per heavy atom. The molecule has 0 aromatic carbocycles. The molecule has 1 amide bonds. The van der Waals surface area contributed by atoms with E-state index in [1.54, 1.807) is 12.4 Å². The van der Waals surface area contributed by atoms with Crippen molar-refractivity contribution in [3.8, 4) is 0 Å². The topological polar surface area (TPSA) is 59.2 Å². The smallest absolute Gasteiger partial charge is 0.266 e. The molecule has 2 aromatic heterocycles. The lowest BCUT2D eigenvalue weighted by Gasteiger charge is -2.32. The van der Waals surface area contributed by atoms with E-state index in [0.29, 0.717) is 16.5 Å². The summed E-state index contributed by atoms with van der Waals surface area (Å²) in [4.78, 5) is 19.4. The van der Waals surface area contributed by atoms with E-state index < -0.39 is 0 Å². The van der Waals surface area contributed by atoms with Gasteiger partial charge >= 0.3 is 0 Å². The van der Waals surface area contributed by atoms with Gasteiger partial charge in [-0.25, -0.2) is 0 Å². The summed E-state index contributed by atoms with van der Waals surface area (Å²) in [5.41, 5.74) is 6.76. The number of hydrogen-bond donors (Lipinski definition) is 1. The number of piperidine rings is 1. The van der Waals surface area contributed by atoms with Gasteiger partial charge in [0, 0.05) is 30.9 Å². The Morgan fingerprint density at radius 2 is 2.45 bits per heavy atom. The molecule has 1 fully saturated rings. The van der Waals surface area contributed by atoms with Gasteiger partial charge in [-0.3, -0.25) is 9.78 Å². The third-order valence-corrected chi connectivity index (χ3v) is 5.25. The quantitative estimate of drug-likeness (QED) is 0.924. The molecule has 0 aliphatic carbocycles. The molecule has 4 nitrogen and oxygen atoms in total. The molecule has 1 saturated heterocycles. The molecule has 1 aliphatic rings. The van der Waals surface area contributed by atoms with Crippen LogP contribution in [-0.4, -0.2) is 28.9 Å². The van der Waals surface area contributed by atoms with Crippen LogP contribution in [0.3, 0.4) is 0 Å². The van der Waals surface area contributed by atoms with E-state index in [1.165, 1.54) is 17.8 Å². The Morgan fingerprint density at radius 3 is 3.20 bits per heavy atom. The number of anilines is 1. The van der Waals surface area contributed by atoms with Crippen molar-refractivity contribution in [2.24, 2.45) is 5.92 Å². The highest BCUT2D eigenvalue weighted by molar-refractivity contribution is 7.21. The molecule has 3 rings (SSSR count). The summed E-state index contributed by atoms with van der Waals surface area (Å²) in [6, 6.07) is 1.88. The van der Waals surface area contributed by atoms with E-state index in [4.69, 9.17) is 5.73 Å². The first-order valence-electron chi connectivity index (χ1n) is 7.12. The Balaban J connectivity index is 1.90. The number of aromatic nitrogens is 1. The van der Waals surface area contributed by atoms with Crippen molar-refractivity contribution in [1.29, 1.82) is 0 Å². The lowest BCUT2D eigenvalue weighted by atomic mass is 9.95. The van der Waals surface area contributed by atoms with Gasteiger partial charge in [0.1, 0.15) is 4.88 Å². The van der Waals surface area contributed by atoms with Crippen molar-refractivity contribution >= 4 is 33.0 Å². The molecular weight excluding hydrogens is 270 g/mol. The number of pyridine rings is 1. The molecule has 5 heteroatoms. The fourth-order valence-electron chi connectivity index (χ4n) is 2.86. The molecule has 0 saturated carbocycles. The molecular formula is C15H19N3OS. The number of thiophene rings is 1. The predicted octanol–water partition coefficient (Wildman–Crippen LogP) is 3.14. The van der Waals surface area contributed by atoms with Crippen LogP contribution in [0, 0.1) is 5.92 Å². The van der Waals surface area contributed by atoms with Gasteiger partial charge in [-0.15, -0.1) is 11.3 Å². The van der Waals surface area contributed by atoms with Gasteiger partial charge in [0.05, 0.1) is 10.4 Å². The Bertz CT molecular complexity index is 637. The molecule has 106 valence electrons. The third-order valence-electron chi connectivity index (χ3n) is 4.11. The number of carbonyl (C=O) groups is 1. The van der Waals surface area contributed by atoms with Crippen LogP contribution in [0.4, 0.5) is 5.69 Å². The van der Waals surface area contributed by atoms with Crippen LogP contribution in [-0.2, 0) is 0 Å². The molecule has 1 unspecified atom stereocenters. The van der Waals surface area contributed by atoms with Crippen molar-refractivity contribution in [2.45, 2.75) is 26.2 Å². The fourth-order valence-corrected chi connectivity index (χ4v) is 3.91. The minimum atomic E-state index is 0.0850. The summed E-state index contributed by atoms with van der Waals surface area (Å²) in [6.07, 6.45) is 6.95. The highest BCUT2D eigenvalue weighted by Gasteiger charge is 2.26. The first kappa shape index (κ1) is 13.4. The number of nitrogens with zero attached hydrogens (tertiary/aromatic N) is 2. The second-order valence-electron chi connectivity index (χ2n) is 5.38. The van der Waals surface area contributed by atoms with Gasteiger partial charge in [0.25, 0.3) is 5.91 Å². The number of nitrogens with two attached hydrogens (primary N) is 1. The lowest BCUT2D eigenvalue weighted by Crippen LogP contribution is -2.39. The number of amides is 1. The zero-order valence-corrected chi connectivity index (χ0v) is 12.4. The maximum Gasteiger partial charge on any atom is 0.266 e. The number of likely N-dealkylation sites (tertiary alicyclic amines) is 1. The molecule has 3 heterocycles.